The Balaban J connectivity index is 1.63. The van der Waals surface area contributed by atoms with E-state index in [2.05, 4.69) is 10.3 Å². The van der Waals surface area contributed by atoms with Crippen LogP contribution in [0.2, 0.25) is 10.0 Å². The topological polar surface area (TPSA) is 76.1 Å². The molecule has 1 fully saturated rings. The predicted octanol–water partition coefficient (Wildman–Crippen LogP) is 5.09. The van der Waals surface area contributed by atoms with Crippen molar-refractivity contribution in [3.63, 3.8) is 0 Å². The van der Waals surface area contributed by atoms with E-state index >= 15 is 0 Å². The van der Waals surface area contributed by atoms with Crippen LogP contribution < -0.4 is 5.32 Å². The van der Waals surface area contributed by atoms with Crippen LogP contribution in [0.15, 0.2) is 71.9 Å². The lowest BCUT2D eigenvalue weighted by Crippen LogP contribution is -2.29. The molecule has 0 aliphatic heterocycles. The van der Waals surface area contributed by atoms with Crippen molar-refractivity contribution in [2.24, 2.45) is 5.92 Å². The van der Waals surface area contributed by atoms with E-state index in [0.29, 0.717) is 15.5 Å². The largest absolute Gasteiger partial charge is 0.341 e. The molecule has 1 aliphatic rings. The van der Waals surface area contributed by atoms with Crippen molar-refractivity contribution in [2.45, 2.75) is 23.8 Å². The molecule has 1 amide bonds. The van der Waals surface area contributed by atoms with Gasteiger partial charge in [0.15, 0.2) is 9.84 Å². The minimum Gasteiger partial charge on any atom is -0.341 e. The molecule has 1 aliphatic carbocycles. The van der Waals surface area contributed by atoms with Crippen molar-refractivity contribution in [3.8, 4) is 0 Å². The Hall–Kier alpha value is -2.41. The fourth-order valence-corrected chi connectivity index (χ4v) is 5.54. The number of pyridine rings is 1. The Morgan fingerprint density at radius 2 is 1.81 bits per heavy atom. The van der Waals surface area contributed by atoms with Gasteiger partial charge >= 0.3 is 0 Å². The Morgan fingerprint density at radius 1 is 1.06 bits per heavy atom. The molecular weight excluding hydrogens is 455 g/mol. The number of halogens is 2. The zero-order valence-electron chi connectivity index (χ0n) is 16.5. The third-order valence-corrected chi connectivity index (χ3v) is 7.64. The quantitative estimate of drug-likeness (QED) is 0.517. The summed E-state index contributed by atoms with van der Waals surface area (Å²) in [6, 6.07) is 14.4. The van der Waals surface area contributed by atoms with Gasteiger partial charge in [-0.2, -0.15) is 0 Å². The molecule has 1 saturated carbocycles. The van der Waals surface area contributed by atoms with Gasteiger partial charge in [0, 0.05) is 17.4 Å². The van der Waals surface area contributed by atoms with Crippen molar-refractivity contribution in [1.82, 2.24) is 10.3 Å². The first-order chi connectivity index (χ1) is 14.8. The van der Waals surface area contributed by atoms with Crippen LogP contribution in [0.1, 0.15) is 40.4 Å². The second kappa shape index (κ2) is 8.99. The molecule has 2 aromatic carbocycles. The predicted molar refractivity (Wildman–Crippen MR) is 121 cm³/mol. The summed E-state index contributed by atoms with van der Waals surface area (Å²) in [5, 5.41) is 3.66. The van der Waals surface area contributed by atoms with Crippen molar-refractivity contribution < 1.29 is 13.2 Å². The van der Waals surface area contributed by atoms with Gasteiger partial charge in [0.05, 0.1) is 27.3 Å². The van der Waals surface area contributed by atoms with E-state index in [0.717, 1.165) is 24.0 Å². The Morgan fingerprint density at radius 3 is 2.42 bits per heavy atom. The number of rotatable bonds is 7. The molecule has 1 unspecified atom stereocenters. The van der Waals surface area contributed by atoms with Crippen molar-refractivity contribution in [1.29, 1.82) is 0 Å². The van der Waals surface area contributed by atoms with Crippen LogP contribution in [-0.2, 0) is 9.84 Å². The number of amides is 1. The summed E-state index contributed by atoms with van der Waals surface area (Å²) in [5.74, 6) is 0.0849. The van der Waals surface area contributed by atoms with Gasteiger partial charge in [0.25, 0.3) is 5.91 Å². The van der Waals surface area contributed by atoms with Crippen LogP contribution in [0.5, 0.6) is 0 Å². The number of hydrogen-bond donors (Lipinski definition) is 1. The number of nitrogens with one attached hydrogen (secondary N) is 1. The number of aromatic nitrogens is 1. The molecule has 3 aromatic rings. The van der Waals surface area contributed by atoms with Gasteiger partial charge in [-0.05, 0) is 66.3 Å². The second-order valence-corrected chi connectivity index (χ2v) is 10.5. The molecule has 1 heterocycles. The Kier molecular flexibility index (Phi) is 6.32. The molecule has 31 heavy (non-hydrogen) atoms. The van der Waals surface area contributed by atoms with E-state index in [9.17, 15) is 13.2 Å². The molecule has 0 radical (unpaired) electrons. The summed E-state index contributed by atoms with van der Waals surface area (Å²) < 4.78 is 25.1. The van der Waals surface area contributed by atoms with Crippen LogP contribution in [0.3, 0.4) is 0 Å². The Labute approximate surface area is 191 Å². The van der Waals surface area contributed by atoms with Gasteiger partial charge in [-0.1, -0.05) is 41.4 Å². The van der Waals surface area contributed by atoms with Gasteiger partial charge in [-0.25, -0.2) is 8.42 Å². The number of carbonyl (C=O) groups excluding carboxylic acids is 1. The van der Waals surface area contributed by atoms with E-state index in [1.165, 1.54) is 6.07 Å². The highest BCUT2D eigenvalue weighted by Gasteiger charge is 2.29. The van der Waals surface area contributed by atoms with Crippen molar-refractivity contribution in [2.75, 3.05) is 5.75 Å². The molecule has 160 valence electrons. The highest BCUT2D eigenvalue weighted by molar-refractivity contribution is 7.91. The number of hydrogen-bond acceptors (Lipinski definition) is 4. The summed E-state index contributed by atoms with van der Waals surface area (Å²) in [5.41, 5.74) is 1.79. The summed E-state index contributed by atoms with van der Waals surface area (Å²) >= 11 is 12.1. The van der Waals surface area contributed by atoms with E-state index in [1.54, 1.807) is 54.9 Å². The fraction of sp³-hybridized carbons (Fsp3) is 0.217. The first-order valence-corrected chi connectivity index (χ1v) is 12.2. The lowest BCUT2D eigenvalue weighted by molar-refractivity contribution is 0.0943. The summed E-state index contributed by atoms with van der Waals surface area (Å²) in [6.45, 7) is 0. The molecule has 0 saturated heterocycles. The van der Waals surface area contributed by atoms with Crippen LogP contribution in [0, 0.1) is 5.92 Å². The minimum atomic E-state index is -3.31. The van der Waals surface area contributed by atoms with Crippen LogP contribution >= 0.6 is 23.2 Å². The van der Waals surface area contributed by atoms with Gasteiger partial charge in [-0.3, -0.25) is 9.78 Å². The monoisotopic (exact) mass is 474 g/mol. The molecule has 8 heteroatoms. The van der Waals surface area contributed by atoms with Gasteiger partial charge in [-0.15, -0.1) is 0 Å². The first-order valence-electron chi connectivity index (χ1n) is 9.82. The number of sulfone groups is 1. The van der Waals surface area contributed by atoms with Crippen molar-refractivity contribution in [3.05, 3.63) is 93.7 Å². The van der Waals surface area contributed by atoms with Crippen LogP contribution in [-0.4, -0.2) is 25.1 Å². The maximum atomic E-state index is 12.9. The average Bonchev–Trinajstić information content (AvgIpc) is 3.56. The van der Waals surface area contributed by atoms with Crippen LogP contribution in [0.4, 0.5) is 0 Å². The zero-order chi connectivity index (χ0) is 22.0. The molecule has 5 nitrogen and oxygen atoms in total. The standard InChI is InChI=1S/C23H20Cl2N2O3S/c24-18-7-10-20(21(25)12-18)23(28)27-22(17-2-1-11-26-13-17)16-5-8-19(9-6-16)31(29,30)14-15-3-4-15/h1-2,5-13,15,22H,3-4,14H2,(H,27,28). The number of benzene rings is 2. The summed E-state index contributed by atoms with van der Waals surface area (Å²) in [6.07, 6.45) is 5.25. The minimum absolute atomic E-state index is 0.185. The smallest absolute Gasteiger partial charge is 0.253 e. The molecule has 4 rings (SSSR count). The Bertz CT molecular complexity index is 1200. The molecule has 1 aromatic heterocycles. The maximum absolute atomic E-state index is 12.9. The number of nitrogens with zero attached hydrogens (tertiary/aromatic N) is 1. The lowest BCUT2D eigenvalue weighted by Gasteiger charge is -2.20. The van der Waals surface area contributed by atoms with E-state index < -0.39 is 15.9 Å². The highest BCUT2D eigenvalue weighted by atomic mass is 35.5. The average molecular weight is 475 g/mol. The summed E-state index contributed by atoms with van der Waals surface area (Å²) in [4.78, 5) is 17.4. The normalized spacial score (nSPS) is 14.8. The fourth-order valence-electron chi connectivity index (χ4n) is 3.35. The van der Waals surface area contributed by atoms with Gasteiger partial charge in [0.1, 0.15) is 0 Å². The first kappa shape index (κ1) is 21.8. The zero-order valence-corrected chi connectivity index (χ0v) is 18.8. The van der Waals surface area contributed by atoms with Crippen molar-refractivity contribution >= 4 is 38.9 Å². The van der Waals surface area contributed by atoms with Crippen LogP contribution in [0.25, 0.3) is 0 Å². The number of carbonyl (C=O) groups is 1. The van der Waals surface area contributed by atoms with E-state index in [1.807, 2.05) is 6.07 Å². The van der Waals surface area contributed by atoms with Gasteiger partial charge < -0.3 is 5.32 Å². The lowest BCUT2D eigenvalue weighted by atomic mass is 9.99. The van der Waals surface area contributed by atoms with E-state index in [4.69, 9.17) is 23.2 Å². The third-order valence-electron chi connectivity index (χ3n) is 5.19. The SMILES string of the molecule is O=C(NC(c1ccc(S(=O)(=O)CC2CC2)cc1)c1cccnc1)c1ccc(Cl)cc1Cl. The maximum Gasteiger partial charge on any atom is 0.253 e. The molecular formula is C23H20Cl2N2O3S. The molecule has 0 bridgehead atoms. The molecule has 1 N–H and O–H groups in total. The molecule has 0 spiro atoms. The molecule has 1 atom stereocenters. The second-order valence-electron chi connectivity index (χ2n) is 7.61. The van der Waals surface area contributed by atoms with Gasteiger partial charge in [0.2, 0.25) is 0 Å². The third kappa shape index (κ3) is 5.26. The van der Waals surface area contributed by atoms with E-state index in [-0.39, 0.29) is 22.6 Å². The summed E-state index contributed by atoms with van der Waals surface area (Å²) in [7, 11) is -3.31. The highest BCUT2D eigenvalue weighted by Crippen LogP contribution is 2.33.